The van der Waals surface area contributed by atoms with Crippen molar-refractivity contribution < 1.29 is 13.2 Å². The van der Waals surface area contributed by atoms with Gasteiger partial charge in [-0.2, -0.15) is 5.26 Å². The lowest BCUT2D eigenvalue weighted by Crippen LogP contribution is -2.26. The summed E-state index contributed by atoms with van der Waals surface area (Å²) in [4.78, 5) is 12.5. The van der Waals surface area contributed by atoms with Crippen LogP contribution in [-0.2, 0) is 26.7 Å². The number of rotatable bonds is 9. The Morgan fingerprint density at radius 2 is 1.65 bits per heavy atom. The Morgan fingerprint density at radius 3 is 2.24 bits per heavy atom. The van der Waals surface area contributed by atoms with Crippen LogP contribution in [0.2, 0.25) is 0 Å². The summed E-state index contributed by atoms with van der Waals surface area (Å²) in [5.41, 5.74) is 3.13. The number of carbonyl (C=O) groups is 1. The van der Waals surface area contributed by atoms with Gasteiger partial charge in [0, 0.05) is 18.2 Å². The van der Waals surface area contributed by atoms with Crippen LogP contribution in [0.1, 0.15) is 48.9 Å². The number of anilines is 1. The van der Waals surface area contributed by atoms with E-state index in [1.807, 2.05) is 54.6 Å². The van der Waals surface area contributed by atoms with Gasteiger partial charge < -0.3 is 5.32 Å². The largest absolute Gasteiger partial charge is 0.326 e. The van der Waals surface area contributed by atoms with Crippen LogP contribution in [0.3, 0.4) is 0 Å². The third-order valence-electron chi connectivity index (χ3n) is 6.19. The average Bonchev–Trinajstić information content (AvgIpc) is 3.65. The first kappa shape index (κ1) is 23.7. The van der Waals surface area contributed by atoms with E-state index in [0.29, 0.717) is 12.1 Å². The second-order valence-corrected chi connectivity index (χ2v) is 10.4. The minimum absolute atomic E-state index is 0.121. The van der Waals surface area contributed by atoms with Gasteiger partial charge in [-0.05, 0) is 67.1 Å². The summed E-state index contributed by atoms with van der Waals surface area (Å²) in [6.45, 7) is 1.81. The van der Waals surface area contributed by atoms with Crippen LogP contribution < -0.4 is 10.0 Å². The molecule has 0 radical (unpaired) electrons. The highest BCUT2D eigenvalue weighted by atomic mass is 32.2. The highest BCUT2D eigenvalue weighted by Crippen LogP contribution is 2.47. The molecule has 1 amide bonds. The van der Waals surface area contributed by atoms with E-state index in [0.717, 1.165) is 29.5 Å². The van der Waals surface area contributed by atoms with Gasteiger partial charge in [-0.25, -0.2) is 13.1 Å². The number of sulfonamides is 1. The summed E-state index contributed by atoms with van der Waals surface area (Å²) in [5.74, 6) is -0.121. The lowest BCUT2D eigenvalue weighted by molar-refractivity contribution is -0.116. The van der Waals surface area contributed by atoms with E-state index in [4.69, 9.17) is 0 Å². The second kappa shape index (κ2) is 9.80. The van der Waals surface area contributed by atoms with Crippen LogP contribution in [-0.4, -0.2) is 14.3 Å². The number of hydrogen-bond acceptors (Lipinski definition) is 4. The maximum Gasteiger partial charge on any atom is 0.241 e. The van der Waals surface area contributed by atoms with Crippen LogP contribution >= 0.6 is 0 Å². The quantitative estimate of drug-likeness (QED) is 0.464. The molecule has 3 aromatic rings. The molecule has 0 spiro atoms. The van der Waals surface area contributed by atoms with Gasteiger partial charge in [-0.15, -0.1) is 0 Å². The van der Waals surface area contributed by atoms with Crippen molar-refractivity contribution in [3.05, 3.63) is 95.6 Å². The summed E-state index contributed by atoms with van der Waals surface area (Å²) in [5, 5.41) is 12.2. The van der Waals surface area contributed by atoms with Crippen molar-refractivity contribution in [3.8, 4) is 6.07 Å². The summed E-state index contributed by atoms with van der Waals surface area (Å²) in [6, 6.07) is 25.5. The molecule has 1 aliphatic rings. The zero-order chi connectivity index (χ0) is 24.2. The van der Waals surface area contributed by atoms with E-state index < -0.39 is 10.0 Å². The molecule has 1 aliphatic carbocycles. The first-order valence-corrected chi connectivity index (χ1v) is 12.8. The maximum atomic E-state index is 12.7. The zero-order valence-corrected chi connectivity index (χ0v) is 19.8. The van der Waals surface area contributed by atoms with Crippen molar-refractivity contribution >= 4 is 21.6 Å². The van der Waals surface area contributed by atoms with E-state index in [1.54, 1.807) is 31.2 Å². The Morgan fingerprint density at radius 1 is 1.00 bits per heavy atom. The monoisotopic (exact) mass is 473 g/mol. The predicted molar refractivity (Wildman–Crippen MR) is 132 cm³/mol. The molecule has 0 saturated heterocycles. The Bertz CT molecular complexity index is 1290. The van der Waals surface area contributed by atoms with Gasteiger partial charge in [0.1, 0.15) is 0 Å². The SMILES string of the molecule is C[C@@H](NS(=O)(=O)c1ccc(CCC(=O)Nc2ccc(C3(C#N)CC3)cc2)cc1)c1ccccc1. The molecule has 1 saturated carbocycles. The fraction of sp³-hybridized carbons (Fsp3) is 0.259. The highest BCUT2D eigenvalue weighted by molar-refractivity contribution is 7.89. The van der Waals surface area contributed by atoms with Crippen molar-refractivity contribution in [1.82, 2.24) is 4.72 Å². The first-order chi connectivity index (χ1) is 16.3. The lowest BCUT2D eigenvalue weighted by atomic mass is 9.98. The molecule has 0 heterocycles. The van der Waals surface area contributed by atoms with Crippen LogP contribution in [0.25, 0.3) is 0 Å². The number of nitriles is 1. The summed E-state index contributed by atoms with van der Waals surface area (Å²) < 4.78 is 28.1. The van der Waals surface area contributed by atoms with Gasteiger partial charge in [0.15, 0.2) is 0 Å². The van der Waals surface area contributed by atoms with Crippen LogP contribution in [0.5, 0.6) is 0 Å². The molecule has 0 unspecified atom stereocenters. The Balaban J connectivity index is 1.29. The third-order valence-corrected chi connectivity index (χ3v) is 7.75. The molecule has 34 heavy (non-hydrogen) atoms. The molecule has 6 nitrogen and oxygen atoms in total. The third kappa shape index (κ3) is 5.53. The van der Waals surface area contributed by atoms with E-state index in [-0.39, 0.29) is 28.7 Å². The Kier molecular flexibility index (Phi) is 6.82. The van der Waals surface area contributed by atoms with Crippen LogP contribution in [0.15, 0.2) is 83.8 Å². The molecule has 4 rings (SSSR count). The van der Waals surface area contributed by atoms with E-state index in [9.17, 15) is 18.5 Å². The summed E-state index contributed by atoms with van der Waals surface area (Å²) in [6.07, 6.45) is 2.55. The van der Waals surface area contributed by atoms with E-state index in [1.165, 1.54) is 0 Å². The predicted octanol–water partition coefficient (Wildman–Crippen LogP) is 4.85. The standard InChI is InChI=1S/C27H27N3O3S/c1-20(22-5-3-2-4-6-22)30-34(32,33)25-14-7-21(8-15-25)9-16-26(31)29-24-12-10-23(11-13-24)27(19-28)17-18-27/h2-8,10-15,20,30H,9,16-18H2,1H3,(H,29,31)/t20-/m1/s1. The first-order valence-electron chi connectivity index (χ1n) is 11.3. The fourth-order valence-electron chi connectivity index (χ4n) is 3.89. The number of carbonyl (C=O) groups excluding carboxylic acids is 1. The number of amides is 1. The molecular weight excluding hydrogens is 446 g/mol. The molecule has 3 aromatic carbocycles. The van der Waals surface area contributed by atoms with Gasteiger partial charge in [0.25, 0.3) is 0 Å². The second-order valence-electron chi connectivity index (χ2n) is 8.72. The van der Waals surface area contributed by atoms with Gasteiger partial charge in [-0.1, -0.05) is 54.6 Å². The number of nitrogens with zero attached hydrogens (tertiary/aromatic N) is 1. The normalized spacial score (nSPS) is 15.2. The minimum Gasteiger partial charge on any atom is -0.326 e. The number of aryl methyl sites for hydroxylation is 1. The van der Waals surface area contributed by atoms with Crippen molar-refractivity contribution in [2.75, 3.05) is 5.32 Å². The summed E-state index contributed by atoms with van der Waals surface area (Å²) >= 11 is 0. The molecule has 174 valence electrons. The van der Waals surface area contributed by atoms with E-state index in [2.05, 4.69) is 16.1 Å². The van der Waals surface area contributed by atoms with Gasteiger partial charge in [-0.3, -0.25) is 4.79 Å². The van der Waals surface area contributed by atoms with Crippen molar-refractivity contribution in [2.24, 2.45) is 0 Å². The summed E-state index contributed by atoms with van der Waals surface area (Å²) in [7, 11) is -3.66. The molecule has 0 aromatic heterocycles. The number of nitrogens with one attached hydrogen (secondary N) is 2. The lowest BCUT2D eigenvalue weighted by Gasteiger charge is -2.15. The number of benzene rings is 3. The topological polar surface area (TPSA) is 99.1 Å². The van der Waals surface area contributed by atoms with Crippen molar-refractivity contribution in [1.29, 1.82) is 5.26 Å². The van der Waals surface area contributed by atoms with Crippen LogP contribution in [0, 0.1) is 11.3 Å². The van der Waals surface area contributed by atoms with Crippen LogP contribution in [0.4, 0.5) is 5.69 Å². The smallest absolute Gasteiger partial charge is 0.241 e. The fourth-order valence-corrected chi connectivity index (χ4v) is 5.12. The minimum atomic E-state index is -3.66. The molecule has 0 bridgehead atoms. The number of hydrogen-bond donors (Lipinski definition) is 2. The van der Waals surface area contributed by atoms with Crippen molar-refractivity contribution in [3.63, 3.8) is 0 Å². The molecule has 0 aliphatic heterocycles. The molecule has 1 atom stereocenters. The average molecular weight is 474 g/mol. The molecule has 7 heteroatoms. The highest BCUT2D eigenvalue weighted by Gasteiger charge is 2.44. The Labute approximate surface area is 200 Å². The Hall–Kier alpha value is -3.47. The molecule has 2 N–H and O–H groups in total. The molecular formula is C27H27N3O3S. The van der Waals surface area contributed by atoms with Gasteiger partial charge >= 0.3 is 0 Å². The van der Waals surface area contributed by atoms with E-state index >= 15 is 0 Å². The van der Waals surface area contributed by atoms with Gasteiger partial charge in [0.2, 0.25) is 15.9 Å². The zero-order valence-electron chi connectivity index (χ0n) is 19.0. The van der Waals surface area contributed by atoms with Gasteiger partial charge in [0.05, 0.1) is 16.4 Å². The maximum absolute atomic E-state index is 12.7. The van der Waals surface area contributed by atoms with Crippen molar-refractivity contribution in [2.45, 2.75) is 49.0 Å². The molecule has 1 fully saturated rings.